The number of benzene rings is 1. The van der Waals surface area contributed by atoms with Crippen LogP contribution in [0.3, 0.4) is 0 Å². The molecule has 1 aromatic rings. The van der Waals surface area contributed by atoms with Crippen LogP contribution in [0.25, 0.3) is 0 Å². The number of ether oxygens (including phenoxy) is 1. The van der Waals surface area contributed by atoms with Gasteiger partial charge in [0.25, 0.3) is 0 Å². The normalized spacial score (nSPS) is 20.4. The first-order valence-corrected chi connectivity index (χ1v) is 5.15. The average molecular weight is 256 g/mol. The fraction of sp³-hybridized carbons (Fsp3) is 0.300. The summed E-state index contributed by atoms with van der Waals surface area (Å²) in [5.74, 6) is 0. The molecule has 1 unspecified atom stereocenters. The monoisotopic (exact) mass is 255 g/mol. The van der Waals surface area contributed by atoms with Crippen LogP contribution in [-0.4, -0.2) is 12.7 Å². The molecular formula is C10H10BrNO2. The second-order valence-corrected chi connectivity index (χ2v) is 4.21. The Bertz CT molecular complexity index is 378. The van der Waals surface area contributed by atoms with Gasteiger partial charge >= 0.3 is 6.09 Å². The minimum atomic E-state index is -0.336. The highest BCUT2D eigenvalue weighted by atomic mass is 79.9. The first-order chi connectivity index (χ1) is 6.66. The Balaban J connectivity index is 2.28. The van der Waals surface area contributed by atoms with Gasteiger partial charge in [-0.2, -0.15) is 0 Å². The second kappa shape index (κ2) is 3.61. The Morgan fingerprint density at radius 3 is 2.93 bits per heavy atom. The lowest BCUT2D eigenvalue weighted by Gasteiger charge is -2.11. The van der Waals surface area contributed by atoms with Crippen molar-refractivity contribution in [2.24, 2.45) is 0 Å². The van der Waals surface area contributed by atoms with Gasteiger partial charge in [0.15, 0.2) is 0 Å². The topological polar surface area (TPSA) is 38.3 Å². The zero-order valence-electron chi connectivity index (χ0n) is 7.71. The maximum Gasteiger partial charge on any atom is 0.407 e. The molecule has 1 N–H and O–H groups in total. The standard InChI is InChI=1S/C10H10BrNO2/c1-6-4-7(11)2-3-8(6)9-5-14-10(13)12-9/h2-4,9H,5H2,1H3,(H,12,13). The minimum absolute atomic E-state index is 0.00407. The van der Waals surface area contributed by atoms with Crippen LogP contribution < -0.4 is 5.32 Å². The Morgan fingerprint density at radius 1 is 1.57 bits per heavy atom. The van der Waals surface area contributed by atoms with E-state index in [2.05, 4.69) is 21.2 Å². The maximum atomic E-state index is 10.9. The van der Waals surface area contributed by atoms with E-state index in [4.69, 9.17) is 4.74 Å². The third kappa shape index (κ3) is 1.75. The summed E-state index contributed by atoms with van der Waals surface area (Å²) in [7, 11) is 0. The Kier molecular flexibility index (Phi) is 2.46. The quantitative estimate of drug-likeness (QED) is 0.838. The number of hydrogen-bond donors (Lipinski definition) is 1. The molecule has 74 valence electrons. The van der Waals surface area contributed by atoms with Crippen molar-refractivity contribution >= 4 is 22.0 Å². The van der Waals surface area contributed by atoms with Crippen LogP contribution >= 0.6 is 15.9 Å². The zero-order valence-corrected chi connectivity index (χ0v) is 9.30. The summed E-state index contributed by atoms with van der Waals surface area (Å²) in [4.78, 5) is 10.9. The Morgan fingerprint density at radius 2 is 2.36 bits per heavy atom. The van der Waals surface area contributed by atoms with Gasteiger partial charge in [0.2, 0.25) is 0 Å². The number of alkyl carbamates (subject to hydrolysis) is 1. The van der Waals surface area contributed by atoms with Crippen molar-refractivity contribution in [3.8, 4) is 0 Å². The molecular weight excluding hydrogens is 246 g/mol. The van der Waals surface area contributed by atoms with E-state index in [1.807, 2.05) is 25.1 Å². The predicted octanol–water partition coefficient (Wildman–Crippen LogP) is 2.54. The van der Waals surface area contributed by atoms with Crippen LogP contribution in [0.4, 0.5) is 4.79 Å². The minimum Gasteiger partial charge on any atom is -0.447 e. The fourth-order valence-corrected chi connectivity index (χ4v) is 2.06. The van der Waals surface area contributed by atoms with Crippen molar-refractivity contribution in [3.63, 3.8) is 0 Å². The SMILES string of the molecule is Cc1cc(Br)ccc1C1COC(=O)N1. The third-order valence-corrected chi connectivity index (χ3v) is 2.77. The Labute approximate surface area is 90.6 Å². The van der Waals surface area contributed by atoms with Crippen molar-refractivity contribution in [1.82, 2.24) is 5.32 Å². The molecule has 1 fully saturated rings. The number of halogens is 1. The molecule has 1 aliphatic rings. The van der Waals surface area contributed by atoms with Crippen molar-refractivity contribution in [2.75, 3.05) is 6.61 Å². The van der Waals surface area contributed by atoms with Crippen LogP contribution in [0.5, 0.6) is 0 Å². The van der Waals surface area contributed by atoms with Crippen LogP contribution in [0.2, 0.25) is 0 Å². The molecule has 4 heteroatoms. The lowest BCUT2D eigenvalue weighted by Crippen LogP contribution is -2.19. The molecule has 3 nitrogen and oxygen atoms in total. The molecule has 1 saturated heterocycles. The van der Waals surface area contributed by atoms with E-state index in [1.54, 1.807) is 0 Å². The average Bonchev–Trinajstić information content (AvgIpc) is 2.51. The van der Waals surface area contributed by atoms with E-state index < -0.39 is 0 Å². The lowest BCUT2D eigenvalue weighted by atomic mass is 10.0. The number of hydrogen-bond acceptors (Lipinski definition) is 2. The van der Waals surface area contributed by atoms with E-state index in [0.29, 0.717) is 6.61 Å². The largest absolute Gasteiger partial charge is 0.447 e. The van der Waals surface area contributed by atoms with Gasteiger partial charge in [-0.05, 0) is 30.2 Å². The molecule has 1 atom stereocenters. The molecule has 1 aliphatic heterocycles. The molecule has 0 radical (unpaired) electrons. The smallest absolute Gasteiger partial charge is 0.407 e. The zero-order chi connectivity index (χ0) is 10.1. The van der Waals surface area contributed by atoms with Gasteiger partial charge in [-0.3, -0.25) is 0 Å². The summed E-state index contributed by atoms with van der Waals surface area (Å²) < 4.78 is 5.89. The number of carbonyl (C=O) groups excluding carboxylic acids is 1. The molecule has 14 heavy (non-hydrogen) atoms. The predicted molar refractivity (Wildman–Crippen MR) is 56.1 cm³/mol. The van der Waals surface area contributed by atoms with Gasteiger partial charge in [-0.15, -0.1) is 0 Å². The number of aryl methyl sites for hydroxylation is 1. The molecule has 0 bridgehead atoms. The summed E-state index contributed by atoms with van der Waals surface area (Å²) in [6, 6.07) is 5.99. The summed E-state index contributed by atoms with van der Waals surface area (Å²) >= 11 is 3.40. The van der Waals surface area contributed by atoms with Gasteiger partial charge in [-0.1, -0.05) is 22.0 Å². The van der Waals surface area contributed by atoms with Crippen LogP contribution in [0, 0.1) is 6.92 Å². The highest BCUT2D eigenvalue weighted by molar-refractivity contribution is 9.10. The fourth-order valence-electron chi connectivity index (χ4n) is 1.58. The van der Waals surface area contributed by atoms with E-state index >= 15 is 0 Å². The number of rotatable bonds is 1. The third-order valence-electron chi connectivity index (χ3n) is 2.28. The Hall–Kier alpha value is -1.03. The number of cyclic esters (lactones) is 1. The summed E-state index contributed by atoms with van der Waals surface area (Å²) in [5.41, 5.74) is 2.26. The van der Waals surface area contributed by atoms with E-state index in [1.165, 1.54) is 0 Å². The van der Waals surface area contributed by atoms with Gasteiger partial charge in [0.1, 0.15) is 6.61 Å². The van der Waals surface area contributed by atoms with Crippen molar-refractivity contribution in [3.05, 3.63) is 33.8 Å². The first-order valence-electron chi connectivity index (χ1n) is 4.36. The van der Waals surface area contributed by atoms with Gasteiger partial charge in [0.05, 0.1) is 6.04 Å². The molecule has 2 rings (SSSR count). The van der Waals surface area contributed by atoms with Gasteiger partial charge in [0, 0.05) is 4.47 Å². The number of carbonyl (C=O) groups is 1. The molecule has 0 saturated carbocycles. The van der Waals surface area contributed by atoms with Crippen molar-refractivity contribution < 1.29 is 9.53 Å². The van der Waals surface area contributed by atoms with Crippen LogP contribution in [0.1, 0.15) is 17.2 Å². The number of amides is 1. The highest BCUT2D eigenvalue weighted by Crippen LogP contribution is 2.24. The second-order valence-electron chi connectivity index (χ2n) is 3.30. The van der Waals surface area contributed by atoms with Crippen molar-refractivity contribution in [1.29, 1.82) is 0 Å². The molecule has 1 amide bonds. The summed E-state index contributed by atoms with van der Waals surface area (Å²) in [6.45, 7) is 2.44. The van der Waals surface area contributed by atoms with Gasteiger partial charge in [-0.25, -0.2) is 4.79 Å². The van der Waals surface area contributed by atoms with Crippen LogP contribution in [-0.2, 0) is 4.74 Å². The summed E-state index contributed by atoms with van der Waals surface area (Å²) in [5, 5.41) is 2.75. The molecule has 1 heterocycles. The van der Waals surface area contributed by atoms with Gasteiger partial charge < -0.3 is 10.1 Å². The highest BCUT2D eigenvalue weighted by Gasteiger charge is 2.24. The summed E-state index contributed by atoms with van der Waals surface area (Å²) in [6.07, 6.45) is -0.336. The number of nitrogens with one attached hydrogen (secondary N) is 1. The first kappa shape index (κ1) is 9.52. The van der Waals surface area contributed by atoms with Crippen LogP contribution in [0.15, 0.2) is 22.7 Å². The molecule has 0 spiro atoms. The van der Waals surface area contributed by atoms with Crippen molar-refractivity contribution in [2.45, 2.75) is 13.0 Å². The van der Waals surface area contributed by atoms with E-state index in [-0.39, 0.29) is 12.1 Å². The van der Waals surface area contributed by atoms with E-state index in [9.17, 15) is 4.79 Å². The maximum absolute atomic E-state index is 10.9. The molecule has 1 aromatic carbocycles. The molecule has 0 aromatic heterocycles. The molecule has 0 aliphatic carbocycles. The lowest BCUT2D eigenvalue weighted by molar-refractivity contribution is 0.177. The van der Waals surface area contributed by atoms with E-state index in [0.717, 1.165) is 15.6 Å².